The van der Waals surface area contributed by atoms with E-state index >= 15 is 0 Å². The fourth-order valence-corrected chi connectivity index (χ4v) is 4.18. The van der Waals surface area contributed by atoms with Crippen LogP contribution in [-0.2, 0) is 10.1 Å². The summed E-state index contributed by atoms with van der Waals surface area (Å²) in [6.45, 7) is 1.56. The first kappa shape index (κ1) is 30.3. The number of urea groups is 1. The van der Waals surface area contributed by atoms with Crippen LogP contribution in [0.15, 0.2) is 104 Å². The topological polar surface area (TPSA) is 212 Å². The first-order valence-corrected chi connectivity index (χ1v) is 13.7. The maximum atomic E-state index is 12.6. The number of benzene rings is 4. The molecule has 0 saturated heterocycles. The van der Waals surface area contributed by atoms with Gasteiger partial charge in [0.2, 0.25) is 0 Å². The highest BCUT2D eigenvalue weighted by Gasteiger charge is 2.14. The Morgan fingerprint density at radius 3 is 2.07 bits per heavy atom. The van der Waals surface area contributed by atoms with Gasteiger partial charge in [-0.15, -0.1) is 0 Å². The molecule has 0 saturated carbocycles. The number of amides is 2. The summed E-state index contributed by atoms with van der Waals surface area (Å²) in [4.78, 5) is 23.6. The molecule has 14 nitrogen and oxygen atoms in total. The van der Waals surface area contributed by atoms with Gasteiger partial charge in [-0.25, -0.2) is 9.59 Å². The number of ether oxygens (including phenoxy) is 1. The van der Waals surface area contributed by atoms with Crippen molar-refractivity contribution in [1.82, 2.24) is 0 Å². The Hall–Kier alpha value is -5.67. The van der Waals surface area contributed by atoms with E-state index < -0.39 is 22.1 Å². The third kappa shape index (κ3) is 7.96. The molecule has 4 aromatic carbocycles. The predicted molar refractivity (Wildman–Crippen MR) is 156 cm³/mol. The van der Waals surface area contributed by atoms with Gasteiger partial charge in [-0.2, -0.15) is 28.9 Å². The van der Waals surface area contributed by atoms with Crippen LogP contribution in [0.5, 0.6) is 11.5 Å². The summed E-state index contributed by atoms with van der Waals surface area (Å²) < 4.78 is 37.2. The Morgan fingerprint density at radius 1 is 0.791 bits per heavy atom. The summed E-state index contributed by atoms with van der Waals surface area (Å²) in [5, 5.41) is 40.5. The summed E-state index contributed by atoms with van der Waals surface area (Å²) in [5.74, 6) is -1.33. The molecule has 15 heteroatoms. The van der Waals surface area contributed by atoms with Crippen LogP contribution in [0, 0.1) is 6.92 Å². The molecular formula is C28H24N6O8S. The Balaban J connectivity index is 1.39. The van der Waals surface area contributed by atoms with E-state index in [1.807, 2.05) is 0 Å². The molecule has 0 atom stereocenters. The lowest BCUT2D eigenvalue weighted by Crippen LogP contribution is -2.19. The summed E-state index contributed by atoms with van der Waals surface area (Å²) in [5.41, 5.74) is 2.09. The van der Waals surface area contributed by atoms with Gasteiger partial charge in [0.25, 0.3) is 10.1 Å². The van der Waals surface area contributed by atoms with Crippen LogP contribution in [0.4, 0.5) is 38.9 Å². The average molecular weight is 605 g/mol. The Labute approximate surface area is 245 Å². The molecule has 220 valence electrons. The van der Waals surface area contributed by atoms with Gasteiger partial charge in [-0.05, 0) is 79.2 Å². The molecule has 2 amide bonds. The van der Waals surface area contributed by atoms with E-state index in [4.69, 9.17) is 4.74 Å². The summed E-state index contributed by atoms with van der Waals surface area (Å²) in [6.07, 6.45) is 0. The number of carboxylic acids is 1. The summed E-state index contributed by atoms with van der Waals surface area (Å²) in [7, 11) is -2.97. The second kappa shape index (κ2) is 12.9. The number of hydrogen-bond donors (Lipinski definition) is 5. The van der Waals surface area contributed by atoms with E-state index in [0.717, 1.165) is 0 Å². The third-order valence-electron chi connectivity index (χ3n) is 5.75. The molecule has 0 aliphatic carbocycles. The Morgan fingerprint density at radius 2 is 1.42 bits per heavy atom. The molecular weight excluding hydrogens is 580 g/mol. The van der Waals surface area contributed by atoms with E-state index in [2.05, 4.69) is 31.1 Å². The van der Waals surface area contributed by atoms with Crippen LogP contribution in [-0.4, -0.2) is 42.3 Å². The van der Waals surface area contributed by atoms with Crippen LogP contribution in [0.3, 0.4) is 0 Å². The zero-order valence-electron chi connectivity index (χ0n) is 22.6. The largest absolute Gasteiger partial charge is 0.507 e. The van der Waals surface area contributed by atoms with Crippen molar-refractivity contribution in [2.45, 2.75) is 11.8 Å². The van der Waals surface area contributed by atoms with Gasteiger partial charge in [0.1, 0.15) is 17.1 Å². The Kier molecular flexibility index (Phi) is 9.08. The maximum absolute atomic E-state index is 12.6. The molecule has 0 fully saturated rings. The molecule has 0 bridgehead atoms. The fourth-order valence-electron chi connectivity index (χ4n) is 3.66. The number of azo groups is 2. The van der Waals surface area contributed by atoms with Crippen LogP contribution in [0.1, 0.15) is 15.9 Å². The van der Waals surface area contributed by atoms with E-state index in [1.165, 1.54) is 49.6 Å². The lowest BCUT2D eigenvalue weighted by atomic mass is 10.1. The van der Waals surface area contributed by atoms with Crippen LogP contribution in [0.2, 0.25) is 0 Å². The number of carbonyl (C=O) groups is 2. The van der Waals surface area contributed by atoms with Gasteiger partial charge in [0, 0.05) is 11.8 Å². The van der Waals surface area contributed by atoms with Crippen molar-refractivity contribution in [2.24, 2.45) is 20.5 Å². The zero-order valence-corrected chi connectivity index (χ0v) is 23.4. The highest BCUT2D eigenvalue weighted by atomic mass is 32.2. The molecule has 0 unspecified atom stereocenters. The number of aromatic hydroxyl groups is 1. The van der Waals surface area contributed by atoms with Crippen molar-refractivity contribution in [3.8, 4) is 11.5 Å². The van der Waals surface area contributed by atoms with Crippen molar-refractivity contribution in [1.29, 1.82) is 0 Å². The molecule has 0 heterocycles. The number of carbonyl (C=O) groups excluding carboxylic acids is 1. The van der Waals surface area contributed by atoms with Crippen molar-refractivity contribution >= 4 is 56.2 Å². The molecule has 0 aliphatic rings. The quantitative estimate of drug-likeness (QED) is 0.0976. The molecule has 0 spiro atoms. The van der Waals surface area contributed by atoms with Crippen molar-refractivity contribution in [2.75, 3.05) is 17.7 Å². The standard InChI is InChI=1S/C28H24N6O8S/c1-16-12-21(14-23(26(16)35)27(36)37)34-31-18-8-6-17(7-9-18)29-28(38)30-24-11-10-20(15-25(24)42-2)33-32-19-4-3-5-22(13-19)43(39,40)41/h3-15,35H,1-2H3,(H,36,37)(H2,29,30,38)(H,39,40,41). The van der Waals surface area contributed by atoms with Gasteiger partial charge < -0.3 is 25.6 Å². The molecule has 5 N–H and O–H groups in total. The third-order valence-corrected chi connectivity index (χ3v) is 6.60. The van der Waals surface area contributed by atoms with E-state index in [-0.39, 0.29) is 33.3 Å². The number of anilines is 2. The van der Waals surface area contributed by atoms with Crippen molar-refractivity contribution in [3.05, 3.63) is 90.0 Å². The number of carboxylic acid groups (broad SMARTS) is 1. The van der Waals surface area contributed by atoms with Crippen LogP contribution >= 0.6 is 0 Å². The minimum atomic E-state index is -4.38. The second-order valence-electron chi connectivity index (χ2n) is 8.85. The lowest BCUT2D eigenvalue weighted by Gasteiger charge is -2.11. The first-order chi connectivity index (χ1) is 20.4. The fraction of sp³-hybridized carbons (Fsp3) is 0.0714. The highest BCUT2D eigenvalue weighted by molar-refractivity contribution is 7.85. The molecule has 43 heavy (non-hydrogen) atoms. The SMILES string of the molecule is COc1cc(N=Nc2cccc(S(=O)(=O)O)c2)ccc1NC(=O)Nc1ccc(N=Nc2cc(C)c(O)c(C(=O)O)c2)cc1. The number of rotatable bonds is 9. The highest BCUT2D eigenvalue weighted by Crippen LogP contribution is 2.32. The van der Waals surface area contributed by atoms with Crippen molar-refractivity contribution in [3.63, 3.8) is 0 Å². The molecule has 4 rings (SSSR count). The van der Waals surface area contributed by atoms with Gasteiger partial charge in [-0.1, -0.05) is 6.07 Å². The molecule has 0 aliphatic heterocycles. The number of nitrogens with zero attached hydrogens (tertiary/aromatic N) is 4. The second-order valence-corrected chi connectivity index (χ2v) is 10.3. The van der Waals surface area contributed by atoms with Crippen molar-refractivity contribution < 1.29 is 37.5 Å². The number of methoxy groups -OCH3 is 1. The molecule has 0 aromatic heterocycles. The number of hydrogen-bond acceptors (Lipinski definition) is 10. The zero-order chi connectivity index (χ0) is 31.1. The monoisotopic (exact) mass is 604 g/mol. The number of nitrogens with one attached hydrogen (secondary N) is 2. The van der Waals surface area contributed by atoms with E-state index in [9.17, 15) is 32.8 Å². The van der Waals surface area contributed by atoms with E-state index in [0.29, 0.717) is 28.3 Å². The minimum absolute atomic E-state index is 0.200. The van der Waals surface area contributed by atoms with Crippen LogP contribution in [0.25, 0.3) is 0 Å². The van der Waals surface area contributed by atoms with Gasteiger partial charge in [0.05, 0.1) is 40.4 Å². The average Bonchev–Trinajstić information content (AvgIpc) is 2.97. The van der Waals surface area contributed by atoms with Crippen LogP contribution < -0.4 is 15.4 Å². The number of phenols is 1. The van der Waals surface area contributed by atoms with Gasteiger partial charge in [0.15, 0.2) is 0 Å². The van der Waals surface area contributed by atoms with Gasteiger partial charge >= 0.3 is 12.0 Å². The molecule has 4 aromatic rings. The first-order valence-electron chi connectivity index (χ1n) is 12.3. The minimum Gasteiger partial charge on any atom is -0.507 e. The maximum Gasteiger partial charge on any atom is 0.339 e. The summed E-state index contributed by atoms with van der Waals surface area (Å²) in [6, 6.07) is 18.5. The van der Waals surface area contributed by atoms with Gasteiger partial charge in [-0.3, -0.25) is 4.55 Å². The summed E-state index contributed by atoms with van der Waals surface area (Å²) >= 11 is 0. The molecule has 0 radical (unpaired) electrons. The number of aryl methyl sites for hydroxylation is 1. The predicted octanol–water partition coefficient (Wildman–Crippen LogP) is 7.13. The lowest BCUT2D eigenvalue weighted by molar-refractivity contribution is 0.0693. The normalized spacial score (nSPS) is 11.5. The smallest absolute Gasteiger partial charge is 0.339 e. The van der Waals surface area contributed by atoms with E-state index in [1.54, 1.807) is 43.3 Å². The number of aromatic carboxylic acids is 1. The Bertz CT molecular complexity index is 1860.